The minimum absolute atomic E-state index is 0.606. The van der Waals surface area contributed by atoms with Crippen molar-refractivity contribution in [2.24, 2.45) is 5.92 Å². The summed E-state index contributed by atoms with van der Waals surface area (Å²) in [6, 6.07) is 0.606. The second-order valence-corrected chi connectivity index (χ2v) is 4.41. The molecule has 0 bridgehead atoms. The first-order chi connectivity index (χ1) is 7.36. The molecule has 3 heteroatoms. The lowest BCUT2D eigenvalue weighted by Gasteiger charge is -2.19. The fourth-order valence-electron chi connectivity index (χ4n) is 2.31. The standard InChI is InChI=1S/C12H19N3/c1-10(11-4-2-3-5-11)15-9-12-8-13-6-7-14-12/h6-8,10-11,15H,2-5,9H2,1H3/t10-/m0/s1. The highest BCUT2D eigenvalue weighted by atomic mass is 14.9. The predicted molar refractivity (Wildman–Crippen MR) is 60.3 cm³/mol. The van der Waals surface area contributed by atoms with Crippen LogP contribution in [0.1, 0.15) is 38.3 Å². The van der Waals surface area contributed by atoms with Crippen LogP contribution in [-0.2, 0) is 6.54 Å². The zero-order valence-electron chi connectivity index (χ0n) is 9.32. The molecule has 1 aromatic heterocycles. The van der Waals surface area contributed by atoms with Crippen molar-refractivity contribution in [2.45, 2.75) is 45.2 Å². The lowest BCUT2D eigenvalue weighted by molar-refractivity contribution is 0.379. The number of nitrogens with one attached hydrogen (secondary N) is 1. The smallest absolute Gasteiger partial charge is 0.0724 e. The molecule has 1 fully saturated rings. The highest BCUT2D eigenvalue weighted by Gasteiger charge is 2.20. The first kappa shape index (κ1) is 10.6. The van der Waals surface area contributed by atoms with Crippen LogP contribution in [0.5, 0.6) is 0 Å². The summed E-state index contributed by atoms with van der Waals surface area (Å²) in [6.07, 6.45) is 10.9. The monoisotopic (exact) mass is 205 g/mol. The third-order valence-corrected chi connectivity index (χ3v) is 3.33. The van der Waals surface area contributed by atoms with E-state index in [9.17, 15) is 0 Å². The van der Waals surface area contributed by atoms with Crippen molar-refractivity contribution in [3.05, 3.63) is 24.3 Å². The quantitative estimate of drug-likeness (QED) is 0.818. The minimum Gasteiger partial charge on any atom is -0.308 e. The Balaban J connectivity index is 1.77. The topological polar surface area (TPSA) is 37.8 Å². The third-order valence-electron chi connectivity index (χ3n) is 3.33. The molecule has 1 N–H and O–H groups in total. The maximum atomic E-state index is 4.25. The van der Waals surface area contributed by atoms with E-state index in [-0.39, 0.29) is 0 Å². The Labute approximate surface area is 91.3 Å². The second-order valence-electron chi connectivity index (χ2n) is 4.41. The Bertz CT molecular complexity index is 280. The van der Waals surface area contributed by atoms with Gasteiger partial charge in [-0.25, -0.2) is 0 Å². The molecule has 1 atom stereocenters. The number of nitrogens with zero attached hydrogens (tertiary/aromatic N) is 2. The van der Waals surface area contributed by atoms with Crippen LogP contribution in [0.3, 0.4) is 0 Å². The fourth-order valence-corrected chi connectivity index (χ4v) is 2.31. The average Bonchev–Trinajstić information content (AvgIpc) is 2.81. The molecule has 15 heavy (non-hydrogen) atoms. The van der Waals surface area contributed by atoms with Gasteiger partial charge in [-0.3, -0.25) is 9.97 Å². The zero-order valence-corrected chi connectivity index (χ0v) is 9.32. The first-order valence-electron chi connectivity index (χ1n) is 5.84. The molecule has 1 saturated carbocycles. The van der Waals surface area contributed by atoms with E-state index in [1.807, 2.05) is 6.20 Å². The third kappa shape index (κ3) is 2.99. The van der Waals surface area contributed by atoms with E-state index in [0.717, 1.165) is 18.2 Å². The number of hydrogen-bond acceptors (Lipinski definition) is 3. The molecular weight excluding hydrogens is 186 g/mol. The van der Waals surface area contributed by atoms with Gasteiger partial charge in [-0.15, -0.1) is 0 Å². The lowest BCUT2D eigenvalue weighted by atomic mass is 10.00. The van der Waals surface area contributed by atoms with Crippen molar-refractivity contribution in [3.63, 3.8) is 0 Å². The molecule has 3 nitrogen and oxygen atoms in total. The van der Waals surface area contributed by atoms with Gasteiger partial charge < -0.3 is 5.32 Å². The van der Waals surface area contributed by atoms with Gasteiger partial charge in [0.05, 0.1) is 5.69 Å². The number of rotatable bonds is 4. The summed E-state index contributed by atoms with van der Waals surface area (Å²) in [7, 11) is 0. The van der Waals surface area contributed by atoms with Gasteiger partial charge in [0.25, 0.3) is 0 Å². The maximum Gasteiger partial charge on any atom is 0.0724 e. The Hall–Kier alpha value is -0.960. The van der Waals surface area contributed by atoms with E-state index in [0.29, 0.717) is 6.04 Å². The van der Waals surface area contributed by atoms with Crippen molar-refractivity contribution in [3.8, 4) is 0 Å². The van der Waals surface area contributed by atoms with Crippen molar-refractivity contribution in [1.82, 2.24) is 15.3 Å². The minimum atomic E-state index is 0.606. The summed E-state index contributed by atoms with van der Waals surface area (Å²) in [4.78, 5) is 8.31. The Morgan fingerprint density at radius 3 is 2.87 bits per heavy atom. The summed E-state index contributed by atoms with van der Waals surface area (Å²) in [5.74, 6) is 0.863. The molecule has 0 unspecified atom stereocenters. The van der Waals surface area contributed by atoms with E-state index in [1.165, 1.54) is 25.7 Å². The molecule has 1 heterocycles. The Morgan fingerprint density at radius 2 is 2.20 bits per heavy atom. The Morgan fingerprint density at radius 1 is 1.40 bits per heavy atom. The molecule has 1 aliphatic rings. The summed E-state index contributed by atoms with van der Waals surface area (Å²) >= 11 is 0. The molecule has 0 amide bonds. The molecule has 0 saturated heterocycles. The highest BCUT2D eigenvalue weighted by Crippen LogP contribution is 2.27. The highest BCUT2D eigenvalue weighted by molar-refractivity contribution is 4.94. The molecule has 0 aromatic carbocycles. The van der Waals surface area contributed by atoms with Gasteiger partial charge >= 0.3 is 0 Å². The molecule has 0 spiro atoms. The summed E-state index contributed by atoms with van der Waals surface area (Å²) < 4.78 is 0. The SMILES string of the molecule is C[C@H](NCc1cnccn1)C1CCCC1. The lowest BCUT2D eigenvalue weighted by Crippen LogP contribution is -2.32. The van der Waals surface area contributed by atoms with Gasteiger partial charge in [-0.2, -0.15) is 0 Å². The fraction of sp³-hybridized carbons (Fsp3) is 0.667. The van der Waals surface area contributed by atoms with Crippen molar-refractivity contribution in [1.29, 1.82) is 0 Å². The molecule has 2 rings (SSSR count). The average molecular weight is 205 g/mol. The summed E-state index contributed by atoms with van der Waals surface area (Å²) in [6.45, 7) is 3.12. The number of hydrogen-bond donors (Lipinski definition) is 1. The van der Waals surface area contributed by atoms with Gasteiger partial charge in [0, 0.05) is 31.2 Å². The van der Waals surface area contributed by atoms with Gasteiger partial charge in [0.1, 0.15) is 0 Å². The van der Waals surface area contributed by atoms with E-state index in [4.69, 9.17) is 0 Å². The van der Waals surface area contributed by atoms with Crippen LogP contribution in [0.15, 0.2) is 18.6 Å². The normalized spacial score (nSPS) is 19.3. The summed E-state index contributed by atoms with van der Waals surface area (Å²) in [5.41, 5.74) is 1.03. The number of aromatic nitrogens is 2. The summed E-state index contributed by atoms with van der Waals surface area (Å²) in [5, 5.41) is 3.54. The van der Waals surface area contributed by atoms with Gasteiger partial charge in [0.15, 0.2) is 0 Å². The van der Waals surface area contributed by atoms with Crippen LogP contribution in [-0.4, -0.2) is 16.0 Å². The zero-order chi connectivity index (χ0) is 10.5. The second kappa shape index (κ2) is 5.21. The molecular formula is C12H19N3. The van der Waals surface area contributed by atoms with Crippen LogP contribution in [0.4, 0.5) is 0 Å². The van der Waals surface area contributed by atoms with Crippen molar-refractivity contribution < 1.29 is 0 Å². The van der Waals surface area contributed by atoms with Crippen molar-refractivity contribution in [2.75, 3.05) is 0 Å². The molecule has 82 valence electrons. The van der Waals surface area contributed by atoms with Gasteiger partial charge in [-0.1, -0.05) is 12.8 Å². The van der Waals surface area contributed by atoms with Crippen LogP contribution in [0, 0.1) is 5.92 Å². The Kier molecular flexibility index (Phi) is 3.67. The molecule has 0 radical (unpaired) electrons. The largest absolute Gasteiger partial charge is 0.308 e. The van der Waals surface area contributed by atoms with E-state index in [1.54, 1.807) is 12.4 Å². The molecule has 0 aliphatic heterocycles. The van der Waals surface area contributed by atoms with Crippen molar-refractivity contribution >= 4 is 0 Å². The van der Waals surface area contributed by atoms with Gasteiger partial charge in [0.2, 0.25) is 0 Å². The van der Waals surface area contributed by atoms with Gasteiger partial charge in [-0.05, 0) is 25.7 Å². The van der Waals surface area contributed by atoms with Crippen LogP contribution >= 0.6 is 0 Å². The van der Waals surface area contributed by atoms with Crippen LogP contribution < -0.4 is 5.32 Å². The van der Waals surface area contributed by atoms with E-state index < -0.39 is 0 Å². The predicted octanol–water partition coefficient (Wildman–Crippen LogP) is 2.14. The first-order valence-corrected chi connectivity index (χ1v) is 5.84. The van der Waals surface area contributed by atoms with E-state index >= 15 is 0 Å². The van der Waals surface area contributed by atoms with Crippen LogP contribution in [0.25, 0.3) is 0 Å². The molecule has 1 aromatic rings. The van der Waals surface area contributed by atoms with Crippen LogP contribution in [0.2, 0.25) is 0 Å². The van der Waals surface area contributed by atoms with E-state index in [2.05, 4.69) is 22.2 Å². The molecule has 1 aliphatic carbocycles. The maximum absolute atomic E-state index is 4.25.